The van der Waals surface area contributed by atoms with Gasteiger partial charge in [-0.2, -0.15) is 5.10 Å². The van der Waals surface area contributed by atoms with Gasteiger partial charge in [0.25, 0.3) is 0 Å². The van der Waals surface area contributed by atoms with Crippen LogP contribution in [0.15, 0.2) is 48.5 Å². The van der Waals surface area contributed by atoms with E-state index in [-0.39, 0.29) is 25.1 Å². The quantitative estimate of drug-likeness (QED) is 0.0691. The van der Waals surface area contributed by atoms with Crippen LogP contribution in [0, 0.1) is 5.82 Å². The van der Waals surface area contributed by atoms with Crippen molar-refractivity contribution < 1.29 is 28.5 Å². The molecule has 0 aliphatic carbocycles. The number of rotatable bonds is 18. The molecule has 12 heteroatoms. The molecule has 2 N–H and O–H groups in total. The molecule has 1 unspecified atom stereocenters. The molecule has 0 amide bonds. The van der Waals surface area contributed by atoms with Crippen LogP contribution in [0.2, 0.25) is 5.02 Å². The molecule has 0 spiro atoms. The van der Waals surface area contributed by atoms with Crippen LogP contribution in [0.4, 0.5) is 4.39 Å². The van der Waals surface area contributed by atoms with Gasteiger partial charge in [-0.1, -0.05) is 36.7 Å². The lowest BCUT2D eigenvalue weighted by Crippen LogP contribution is -2.44. The summed E-state index contributed by atoms with van der Waals surface area (Å²) in [5, 5.41) is 17.6. The molecule has 1 saturated heterocycles. The summed E-state index contributed by atoms with van der Waals surface area (Å²) in [4.78, 5) is 21.8. The van der Waals surface area contributed by atoms with Gasteiger partial charge in [0.2, 0.25) is 0 Å². The fourth-order valence-corrected chi connectivity index (χ4v) is 7.80. The molecule has 1 aliphatic rings. The first-order valence-corrected chi connectivity index (χ1v) is 19.6. The number of carbonyl (C=O) groups is 1. The first-order valence-electron chi connectivity index (χ1n) is 19.2. The first kappa shape index (κ1) is 39.7. The van der Waals surface area contributed by atoms with Crippen molar-refractivity contribution in [2.75, 3.05) is 66.2 Å². The van der Waals surface area contributed by atoms with Gasteiger partial charge in [-0.3, -0.25) is 4.68 Å². The van der Waals surface area contributed by atoms with Crippen molar-refractivity contribution in [1.29, 1.82) is 0 Å². The maximum atomic E-state index is 13.9. The largest absolute Gasteiger partial charge is 0.493 e. The number of ether oxygens (including phenoxy) is 3. The third-order valence-corrected chi connectivity index (χ3v) is 10.7. The number of aromatic nitrogens is 3. The van der Waals surface area contributed by atoms with Crippen LogP contribution in [0.3, 0.4) is 0 Å². The third-order valence-electron chi connectivity index (χ3n) is 10.4. The van der Waals surface area contributed by atoms with E-state index < -0.39 is 5.97 Å². The van der Waals surface area contributed by atoms with E-state index in [1.807, 2.05) is 42.1 Å². The van der Waals surface area contributed by atoms with E-state index >= 15 is 0 Å². The number of benzene rings is 3. The molecular weight excluding hydrogens is 709 g/mol. The summed E-state index contributed by atoms with van der Waals surface area (Å²) in [6.45, 7) is 10.1. The van der Waals surface area contributed by atoms with Crippen LogP contribution in [-0.2, 0) is 29.4 Å². The Bertz CT molecular complexity index is 2040. The van der Waals surface area contributed by atoms with Gasteiger partial charge in [-0.25, -0.2) is 9.18 Å². The average molecular weight is 762 g/mol. The Kier molecular flexibility index (Phi) is 13.6. The summed E-state index contributed by atoms with van der Waals surface area (Å²) in [6, 6.07) is 14.1. The SMILES string of the molecule is CCOC(=O)c1[nH]c2c(-c3c(C(CCN4CCN(C)CC4)OCCCCO)nn(C)c3CC)c(Cl)ccc2c1CCCOc1cccc2cc(F)ccc12. The van der Waals surface area contributed by atoms with Crippen LogP contribution in [0.25, 0.3) is 32.8 Å². The second-order valence-corrected chi connectivity index (χ2v) is 14.4. The Hall–Kier alpha value is -4.00. The maximum Gasteiger partial charge on any atom is 0.355 e. The zero-order valence-electron chi connectivity index (χ0n) is 31.9. The first-order chi connectivity index (χ1) is 26.2. The molecular formula is C42H53ClFN5O5. The van der Waals surface area contributed by atoms with Gasteiger partial charge in [0.05, 0.1) is 29.4 Å². The number of aliphatic hydroxyl groups is 1. The number of fused-ring (bicyclic) bond motifs is 2. The number of nitrogens with one attached hydrogen (secondary N) is 1. The monoisotopic (exact) mass is 761 g/mol. The standard InChI is InChI=1S/C42H53ClFN5O5/c1-5-34-38(41(46-48(34)4)36(54-25-8-7-24-50)18-19-49-22-20-47(3)21-23-49)37-33(43)17-16-32-31(40(45-39(32)37)42(51)52-6-2)12-10-26-53-35-13-9-11-28-27-29(44)14-15-30(28)35/h9,11,13-17,27,36,45,50H,5-8,10,12,18-26H2,1-4H3. The number of hydrogen-bond donors (Lipinski definition) is 2. The van der Waals surface area contributed by atoms with Crippen molar-refractivity contribution in [1.82, 2.24) is 24.6 Å². The van der Waals surface area contributed by atoms with Crippen molar-refractivity contribution in [3.63, 3.8) is 0 Å². The summed E-state index contributed by atoms with van der Waals surface area (Å²) in [7, 11) is 4.12. The smallest absolute Gasteiger partial charge is 0.355 e. The van der Waals surface area contributed by atoms with Crippen LogP contribution in [0.5, 0.6) is 5.75 Å². The van der Waals surface area contributed by atoms with Gasteiger partial charge < -0.3 is 34.1 Å². The number of unbranched alkanes of at least 4 members (excludes halogenated alkanes) is 1. The van der Waals surface area contributed by atoms with E-state index in [1.165, 1.54) is 12.1 Å². The van der Waals surface area contributed by atoms with Gasteiger partial charge in [-0.15, -0.1) is 0 Å². The van der Waals surface area contributed by atoms with Gasteiger partial charge in [0.15, 0.2) is 0 Å². The number of hydrogen-bond acceptors (Lipinski definition) is 8. The summed E-state index contributed by atoms with van der Waals surface area (Å²) >= 11 is 7.17. The van der Waals surface area contributed by atoms with Crippen LogP contribution in [-0.4, -0.2) is 102 Å². The molecule has 1 aliphatic heterocycles. The summed E-state index contributed by atoms with van der Waals surface area (Å²) < 4.78 is 34.2. The zero-order chi connectivity index (χ0) is 38.2. The number of H-pyrrole nitrogens is 1. The van der Waals surface area contributed by atoms with E-state index in [4.69, 9.17) is 30.9 Å². The minimum Gasteiger partial charge on any atom is -0.493 e. The number of aromatic amines is 1. The molecule has 3 heterocycles. The highest BCUT2D eigenvalue weighted by molar-refractivity contribution is 6.35. The van der Waals surface area contributed by atoms with Gasteiger partial charge in [0, 0.05) is 80.6 Å². The van der Waals surface area contributed by atoms with E-state index in [9.17, 15) is 14.3 Å². The Morgan fingerprint density at radius 2 is 1.80 bits per heavy atom. The predicted octanol–water partition coefficient (Wildman–Crippen LogP) is 7.73. The predicted molar refractivity (Wildman–Crippen MR) is 212 cm³/mol. The molecule has 1 fully saturated rings. The minimum atomic E-state index is -0.429. The number of halogens is 2. The number of esters is 1. The topological polar surface area (TPSA) is 105 Å². The highest BCUT2D eigenvalue weighted by Gasteiger charge is 2.30. The lowest BCUT2D eigenvalue weighted by atomic mass is 9.94. The molecule has 1 atom stereocenters. The highest BCUT2D eigenvalue weighted by atomic mass is 35.5. The van der Waals surface area contributed by atoms with Crippen molar-refractivity contribution in [2.45, 2.75) is 58.5 Å². The molecule has 290 valence electrons. The third kappa shape index (κ3) is 8.92. The lowest BCUT2D eigenvalue weighted by Gasteiger charge is -2.33. The maximum absolute atomic E-state index is 13.9. The Balaban J connectivity index is 1.35. The number of nitrogens with zero attached hydrogens (tertiary/aromatic N) is 4. The fraction of sp³-hybridized carbons (Fsp3) is 0.476. The molecule has 54 heavy (non-hydrogen) atoms. The van der Waals surface area contributed by atoms with E-state index in [0.29, 0.717) is 55.4 Å². The number of aryl methyl sites for hydroxylation is 2. The number of piperazine rings is 1. The Morgan fingerprint density at radius 1 is 1.00 bits per heavy atom. The molecule has 5 aromatic rings. The van der Waals surface area contributed by atoms with Crippen LogP contribution >= 0.6 is 11.6 Å². The Morgan fingerprint density at radius 3 is 2.56 bits per heavy atom. The van der Waals surface area contributed by atoms with E-state index in [0.717, 1.165) is 95.3 Å². The molecule has 0 radical (unpaired) electrons. The summed E-state index contributed by atoms with van der Waals surface area (Å²) in [5.74, 6) is -0.0357. The molecule has 0 saturated carbocycles. The van der Waals surface area contributed by atoms with Crippen molar-refractivity contribution in [2.24, 2.45) is 7.05 Å². The highest BCUT2D eigenvalue weighted by Crippen LogP contribution is 2.43. The summed E-state index contributed by atoms with van der Waals surface area (Å²) in [6.07, 6.45) is 3.71. The van der Waals surface area contributed by atoms with Gasteiger partial charge in [0.1, 0.15) is 23.4 Å². The normalized spacial score (nSPS) is 14.6. The average Bonchev–Trinajstić information content (AvgIpc) is 3.70. The second-order valence-electron chi connectivity index (χ2n) is 14.0. The fourth-order valence-electron chi connectivity index (χ4n) is 7.55. The summed E-state index contributed by atoms with van der Waals surface area (Å²) in [5.41, 5.74) is 5.51. The second kappa shape index (κ2) is 18.6. The molecule has 2 aromatic heterocycles. The molecule has 3 aromatic carbocycles. The molecule has 10 nitrogen and oxygen atoms in total. The minimum absolute atomic E-state index is 0.121. The lowest BCUT2D eigenvalue weighted by molar-refractivity contribution is 0.0285. The van der Waals surface area contributed by atoms with Crippen LogP contribution in [0.1, 0.15) is 73.1 Å². The number of carbonyl (C=O) groups excluding carboxylic acids is 1. The molecule has 0 bridgehead atoms. The van der Waals surface area contributed by atoms with Crippen molar-refractivity contribution in [3.05, 3.63) is 82.0 Å². The van der Waals surface area contributed by atoms with Gasteiger partial charge in [-0.05, 0) is 93.8 Å². The van der Waals surface area contributed by atoms with Crippen molar-refractivity contribution in [3.8, 4) is 16.9 Å². The van der Waals surface area contributed by atoms with Crippen molar-refractivity contribution >= 4 is 39.2 Å². The Labute approximate surface area is 322 Å². The number of likely N-dealkylation sites (N-methyl/N-ethyl adjacent to an activating group) is 1. The van der Waals surface area contributed by atoms with Crippen LogP contribution < -0.4 is 4.74 Å². The molecule has 6 rings (SSSR count). The van der Waals surface area contributed by atoms with Gasteiger partial charge >= 0.3 is 5.97 Å². The van der Waals surface area contributed by atoms with E-state index in [2.05, 4.69) is 28.8 Å². The number of aliphatic hydroxyl groups excluding tert-OH is 1. The van der Waals surface area contributed by atoms with E-state index in [1.54, 1.807) is 13.0 Å². The zero-order valence-corrected chi connectivity index (χ0v) is 32.7.